The summed E-state index contributed by atoms with van der Waals surface area (Å²) in [6.07, 6.45) is 4.14. The first-order chi connectivity index (χ1) is 17.8. The van der Waals surface area contributed by atoms with Crippen LogP contribution < -0.4 is 8.45 Å². The third-order valence-electron chi connectivity index (χ3n) is 7.45. The number of fused-ring (bicyclic) bond motifs is 1. The quantitative estimate of drug-likeness (QED) is 0.155. The number of aromatic nitrogens is 3. The van der Waals surface area contributed by atoms with Crippen LogP contribution in [0.25, 0.3) is 10.9 Å². The second-order valence-corrected chi connectivity index (χ2v) is 25.6. The molecule has 0 radical (unpaired) electrons. The predicted molar refractivity (Wildman–Crippen MR) is 153 cm³/mol. The van der Waals surface area contributed by atoms with Gasteiger partial charge in [-0.2, -0.15) is 0 Å². The molecule has 0 amide bonds. The van der Waals surface area contributed by atoms with E-state index in [4.69, 9.17) is 14.8 Å². The Kier molecular flexibility index (Phi) is 5.90. The molecular formula is C32H33N3OSn. The molecule has 2 heterocycles. The molecule has 0 unspecified atom stereocenters. The molecule has 6 rings (SSSR count). The van der Waals surface area contributed by atoms with E-state index < -0.39 is 23.9 Å². The van der Waals surface area contributed by atoms with Crippen LogP contribution in [0.2, 0.25) is 14.8 Å². The minimum atomic E-state index is -2.69. The Balaban J connectivity index is 1.72. The molecule has 186 valence electrons. The molecule has 0 aliphatic heterocycles. The zero-order chi connectivity index (χ0) is 25.7. The van der Waals surface area contributed by atoms with E-state index in [0.29, 0.717) is 5.88 Å². The van der Waals surface area contributed by atoms with Gasteiger partial charge >= 0.3 is 224 Å². The van der Waals surface area contributed by atoms with E-state index >= 15 is 0 Å². The van der Waals surface area contributed by atoms with Crippen molar-refractivity contribution >= 4 is 33.0 Å². The van der Waals surface area contributed by atoms with Gasteiger partial charge in [0.1, 0.15) is 0 Å². The number of pyridine rings is 1. The van der Waals surface area contributed by atoms with Crippen molar-refractivity contribution in [1.29, 1.82) is 0 Å². The molecule has 37 heavy (non-hydrogen) atoms. The van der Waals surface area contributed by atoms with Crippen LogP contribution in [-0.4, -0.2) is 38.7 Å². The Labute approximate surface area is 223 Å². The van der Waals surface area contributed by atoms with Crippen LogP contribution in [0.4, 0.5) is 0 Å². The van der Waals surface area contributed by atoms with Crippen molar-refractivity contribution < 1.29 is 4.74 Å². The summed E-state index contributed by atoms with van der Waals surface area (Å²) in [5, 5.41) is 6.70. The van der Waals surface area contributed by atoms with Crippen molar-refractivity contribution in [1.82, 2.24) is 14.8 Å². The average Bonchev–Trinajstić information content (AvgIpc) is 3.50. The van der Waals surface area contributed by atoms with Crippen LogP contribution in [0.1, 0.15) is 36.5 Å². The number of hydrogen-bond donors (Lipinski definition) is 0. The van der Waals surface area contributed by atoms with Gasteiger partial charge in [0.2, 0.25) is 0 Å². The van der Waals surface area contributed by atoms with E-state index in [1.807, 2.05) is 6.20 Å². The van der Waals surface area contributed by atoms with Gasteiger partial charge in [-0.3, -0.25) is 0 Å². The van der Waals surface area contributed by atoms with E-state index in [0.717, 1.165) is 18.4 Å². The second kappa shape index (κ2) is 9.02. The third-order valence-corrected chi connectivity index (χ3v) is 12.6. The molecule has 2 aromatic heterocycles. The molecule has 5 aromatic rings. The number of ether oxygens (including phenoxy) is 1. The Bertz CT molecular complexity index is 1440. The molecule has 0 bridgehead atoms. The fraction of sp³-hybridized carbons (Fsp3) is 0.250. The molecule has 5 heteroatoms. The standard InChI is InChI=1S/C29H24N3O.3CH3.Sn/c1-28(17-18-28)33-27-19-22-20-31-32(26(22)21-30-27)29(23-11-5-2-6-12-23,24-13-7-3-8-14-24)25-15-9-4-10-16-25;;;;/h2-16,19,21H,17-18H2,1H3;3*1H3;. The van der Waals surface area contributed by atoms with E-state index in [9.17, 15) is 0 Å². The summed E-state index contributed by atoms with van der Waals surface area (Å²) < 4.78 is 9.80. The van der Waals surface area contributed by atoms with Gasteiger partial charge in [0, 0.05) is 0 Å². The summed E-state index contributed by atoms with van der Waals surface area (Å²) in [6, 6.07) is 34.4. The normalized spacial score (nSPS) is 15.0. The molecule has 0 N–H and O–H groups in total. The third kappa shape index (κ3) is 4.25. The number of benzene rings is 3. The fourth-order valence-corrected chi connectivity index (χ4v) is 9.32. The monoisotopic (exact) mass is 595 g/mol. The summed E-state index contributed by atoms with van der Waals surface area (Å²) in [4.78, 5) is 12.1. The van der Waals surface area contributed by atoms with E-state index in [1.165, 1.54) is 25.8 Å². The van der Waals surface area contributed by atoms with Gasteiger partial charge in [-0.05, 0) is 0 Å². The summed E-state index contributed by atoms with van der Waals surface area (Å²) >= 11 is -2.69. The molecule has 0 saturated heterocycles. The van der Waals surface area contributed by atoms with Crippen molar-refractivity contribution in [3.8, 4) is 5.88 Å². The van der Waals surface area contributed by atoms with Crippen LogP contribution >= 0.6 is 0 Å². The maximum absolute atomic E-state index is 6.31. The first-order valence-electron chi connectivity index (χ1n) is 13.1. The summed E-state index contributed by atoms with van der Waals surface area (Å²) in [5.74, 6) is 0.702. The van der Waals surface area contributed by atoms with Gasteiger partial charge in [0.05, 0.1) is 0 Å². The van der Waals surface area contributed by atoms with Crippen LogP contribution in [0.5, 0.6) is 5.88 Å². The molecule has 1 saturated carbocycles. The molecule has 1 fully saturated rings. The van der Waals surface area contributed by atoms with Crippen LogP contribution in [0, 0.1) is 0 Å². The second-order valence-electron chi connectivity index (χ2n) is 11.4. The molecule has 0 atom stereocenters. The average molecular weight is 594 g/mol. The van der Waals surface area contributed by atoms with Crippen molar-refractivity contribution in [2.24, 2.45) is 0 Å². The number of hydrogen-bond acceptors (Lipinski definition) is 3. The predicted octanol–water partition coefficient (Wildman–Crippen LogP) is 6.75. The van der Waals surface area contributed by atoms with E-state index in [2.05, 4.69) is 123 Å². The molecule has 0 spiro atoms. The van der Waals surface area contributed by atoms with Crippen molar-refractivity contribution in [2.75, 3.05) is 0 Å². The Morgan fingerprint density at radius 3 is 1.70 bits per heavy atom. The zero-order valence-electron chi connectivity index (χ0n) is 22.0. The van der Waals surface area contributed by atoms with Crippen molar-refractivity contribution in [3.63, 3.8) is 0 Å². The first kappa shape index (κ1) is 24.2. The SMILES string of the molecule is CC1(Oc2cc3[c]([Sn]([CH3])([CH3])[CH3])nn(C(c4ccccc4)(c4ccccc4)c4ccccc4)c3cn2)CC1. The van der Waals surface area contributed by atoms with Crippen molar-refractivity contribution in [2.45, 2.75) is 45.7 Å². The van der Waals surface area contributed by atoms with Gasteiger partial charge in [0.15, 0.2) is 0 Å². The Hall–Kier alpha value is -3.12. The molecule has 1 aliphatic rings. The van der Waals surface area contributed by atoms with Crippen LogP contribution in [0.15, 0.2) is 103 Å². The topological polar surface area (TPSA) is 39.9 Å². The van der Waals surface area contributed by atoms with Gasteiger partial charge < -0.3 is 0 Å². The summed E-state index contributed by atoms with van der Waals surface area (Å²) in [7, 11) is 0. The summed E-state index contributed by atoms with van der Waals surface area (Å²) in [6.45, 7) is 2.16. The van der Waals surface area contributed by atoms with Gasteiger partial charge in [-0.25, -0.2) is 0 Å². The zero-order valence-corrected chi connectivity index (χ0v) is 24.8. The Morgan fingerprint density at radius 2 is 1.27 bits per heavy atom. The minimum absolute atomic E-state index is 0.0796. The van der Waals surface area contributed by atoms with Gasteiger partial charge in [0.25, 0.3) is 0 Å². The van der Waals surface area contributed by atoms with Gasteiger partial charge in [-0.15, -0.1) is 0 Å². The first-order valence-corrected chi connectivity index (χ1v) is 23.1. The number of nitrogens with zero attached hydrogens (tertiary/aromatic N) is 3. The fourth-order valence-electron chi connectivity index (χ4n) is 5.30. The molecule has 1 aliphatic carbocycles. The Morgan fingerprint density at radius 1 is 0.784 bits per heavy atom. The number of rotatable bonds is 7. The molecular weight excluding hydrogens is 561 g/mol. The van der Waals surface area contributed by atoms with Gasteiger partial charge in [-0.1, -0.05) is 0 Å². The maximum atomic E-state index is 6.31. The van der Waals surface area contributed by atoms with Crippen LogP contribution in [-0.2, 0) is 5.54 Å². The summed E-state index contributed by atoms with van der Waals surface area (Å²) in [5.41, 5.74) is 3.79. The molecule has 3 aromatic carbocycles. The van der Waals surface area contributed by atoms with E-state index in [1.54, 1.807) is 0 Å². The van der Waals surface area contributed by atoms with Crippen LogP contribution in [0.3, 0.4) is 0 Å². The molecule has 4 nitrogen and oxygen atoms in total. The van der Waals surface area contributed by atoms with Crippen molar-refractivity contribution in [3.05, 3.63) is 120 Å². The van der Waals surface area contributed by atoms with E-state index in [-0.39, 0.29) is 5.60 Å².